The van der Waals surface area contributed by atoms with E-state index in [1.54, 1.807) is 6.20 Å². The number of hydrogen-bond donors (Lipinski definition) is 2. The standard InChI is InChI=1S/C16H28N4O2/c1-12(2)11-20-8-7-17-15(20)10-19-16(21)18-9-14-6-4-5-13(3)22-14/h7-8,12-14H,4-6,9-11H2,1-3H3,(H2,18,19,21). The zero-order valence-corrected chi connectivity index (χ0v) is 13.8. The average molecular weight is 308 g/mol. The highest BCUT2D eigenvalue weighted by atomic mass is 16.5. The number of ether oxygens (including phenoxy) is 1. The normalized spacial score (nSPS) is 21.8. The molecule has 2 rings (SSSR count). The molecule has 0 aliphatic carbocycles. The Labute approximate surface area is 132 Å². The third kappa shape index (κ3) is 5.33. The van der Waals surface area contributed by atoms with Crippen LogP contribution in [0.1, 0.15) is 45.9 Å². The Morgan fingerprint density at radius 1 is 1.45 bits per heavy atom. The third-order valence-electron chi connectivity index (χ3n) is 3.82. The van der Waals surface area contributed by atoms with Gasteiger partial charge >= 0.3 is 6.03 Å². The zero-order valence-electron chi connectivity index (χ0n) is 13.8. The second-order valence-corrected chi connectivity index (χ2v) is 6.45. The van der Waals surface area contributed by atoms with Crippen molar-refractivity contribution in [2.75, 3.05) is 6.54 Å². The fraction of sp³-hybridized carbons (Fsp3) is 0.750. The summed E-state index contributed by atoms with van der Waals surface area (Å²) in [6.07, 6.45) is 7.46. The zero-order chi connectivity index (χ0) is 15.9. The summed E-state index contributed by atoms with van der Waals surface area (Å²) < 4.78 is 7.87. The van der Waals surface area contributed by atoms with E-state index < -0.39 is 0 Å². The molecule has 0 saturated carbocycles. The van der Waals surface area contributed by atoms with Gasteiger partial charge < -0.3 is 19.9 Å². The van der Waals surface area contributed by atoms with Gasteiger partial charge in [-0.2, -0.15) is 0 Å². The molecule has 1 aliphatic heterocycles. The fourth-order valence-electron chi connectivity index (χ4n) is 2.74. The van der Waals surface area contributed by atoms with E-state index >= 15 is 0 Å². The maximum Gasteiger partial charge on any atom is 0.315 e. The van der Waals surface area contributed by atoms with Crippen LogP contribution in [0.4, 0.5) is 4.79 Å². The molecule has 0 spiro atoms. The highest BCUT2D eigenvalue weighted by Gasteiger charge is 2.19. The Balaban J connectivity index is 1.70. The molecule has 2 atom stereocenters. The van der Waals surface area contributed by atoms with E-state index in [0.29, 0.717) is 25.1 Å². The van der Waals surface area contributed by atoms with E-state index in [1.807, 2.05) is 6.20 Å². The van der Waals surface area contributed by atoms with Crippen molar-refractivity contribution in [1.29, 1.82) is 0 Å². The van der Waals surface area contributed by atoms with E-state index in [4.69, 9.17) is 4.74 Å². The predicted molar refractivity (Wildman–Crippen MR) is 85.5 cm³/mol. The summed E-state index contributed by atoms with van der Waals surface area (Å²) in [6, 6.07) is -0.166. The van der Waals surface area contributed by atoms with Crippen LogP contribution in [-0.4, -0.2) is 34.3 Å². The van der Waals surface area contributed by atoms with Crippen LogP contribution in [0, 0.1) is 5.92 Å². The molecule has 1 fully saturated rings. The first-order valence-electron chi connectivity index (χ1n) is 8.21. The molecule has 1 aromatic heterocycles. The van der Waals surface area contributed by atoms with Gasteiger partial charge in [0.1, 0.15) is 5.82 Å². The van der Waals surface area contributed by atoms with Crippen molar-refractivity contribution in [3.05, 3.63) is 18.2 Å². The number of amides is 2. The molecule has 6 nitrogen and oxygen atoms in total. The number of carbonyl (C=O) groups is 1. The van der Waals surface area contributed by atoms with Crippen LogP contribution in [0.2, 0.25) is 0 Å². The van der Waals surface area contributed by atoms with Crippen LogP contribution in [-0.2, 0) is 17.8 Å². The predicted octanol–water partition coefficient (Wildman–Crippen LogP) is 2.30. The maximum absolute atomic E-state index is 11.9. The van der Waals surface area contributed by atoms with Crippen LogP contribution < -0.4 is 10.6 Å². The fourth-order valence-corrected chi connectivity index (χ4v) is 2.74. The lowest BCUT2D eigenvalue weighted by Gasteiger charge is -2.27. The lowest BCUT2D eigenvalue weighted by atomic mass is 10.1. The van der Waals surface area contributed by atoms with Crippen molar-refractivity contribution in [3.8, 4) is 0 Å². The van der Waals surface area contributed by atoms with Gasteiger partial charge in [0.25, 0.3) is 0 Å². The van der Waals surface area contributed by atoms with Crippen molar-refractivity contribution in [2.24, 2.45) is 5.92 Å². The van der Waals surface area contributed by atoms with Gasteiger partial charge in [0.05, 0.1) is 18.8 Å². The first-order valence-corrected chi connectivity index (χ1v) is 8.21. The highest BCUT2D eigenvalue weighted by molar-refractivity contribution is 5.73. The minimum atomic E-state index is -0.166. The Morgan fingerprint density at radius 2 is 2.27 bits per heavy atom. The Bertz CT molecular complexity index is 472. The third-order valence-corrected chi connectivity index (χ3v) is 3.82. The summed E-state index contributed by atoms with van der Waals surface area (Å²) in [6.45, 7) is 8.32. The quantitative estimate of drug-likeness (QED) is 0.847. The van der Waals surface area contributed by atoms with Gasteiger partial charge in [-0.25, -0.2) is 9.78 Å². The van der Waals surface area contributed by atoms with E-state index in [9.17, 15) is 4.79 Å². The molecule has 2 amide bonds. The molecular weight excluding hydrogens is 280 g/mol. The number of nitrogens with one attached hydrogen (secondary N) is 2. The Morgan fingerprint density at radius 3 is 3.00 bits per heavy atom. The first kappa shape index (κ1) is 16.8. The molecule has 2 unspecified atom stereocenters. The summed E-state index contributed by atoms with van der Waals surface area (Å²) in [4.78, 5) is 16.2. The van der Waals surface area contributed by atoms with Gasteiger partial charge in [0.2, 0.25) is 0 Å². The molecule has 1 aliphatic rings. The summed E-state index contributed by atoms with van der Waals surface area (Å²) >= 11 is 0. The van der Waals surface area contributed by atoms with Crippen LogP contribution in [0.3, 0.4) is 0 Å². The summed E-state index contributed by atoms with van der Waals surface area (Å²) in [5.41, 5.74) is 0. The van der Waals surface area contributed by atoms with Crippen molar-refractivity contribution < 1.29 is 9.53 Å². The molecule has 1 saturated heterocycles. The number of imidazole rings is 1. The van der Waals surface area contributed by atoms with Crippen LogP contribution in [0.15, 0.2) is 12.4 Å². The number of aromatic nitrogens is 2. The molecule has 0 radical (unpaired) electrons. The van der Waals surface area contributed by atoms with Gasteiger partial charge in [-0.05, 0) is 32.1 Å². The topological polar surface area (TPSA) is 68.2 Å². The second-order valence-electron chi connectivity index (χ2n) is 6.45. The first-order chi connectivity index (χ1) is 10.5. The monoisotopic (exact) mass is 308 g/mol. The summed E-state index contributed by atoms with van der Waals surface area (Å²) in [5.74, 6) is 1.43. The second kappa shape index (κ2) is 8.17. The molecule has 2 heterocycles. The number of carbonyl (C=O) groups excluding carboxylic acids is 1. The van der Waals surface area contributed by atoms with E-state index in [-0.39, 0.29) is 12.1 Å². The molecule has 0 aromatic carbocycles. The minimum absolute atomic E-state index is 0.137. The van der Waals surface area contributed by atoms with Crippen molar-refractivity contribution in [3.63, 3.8) is 0 Å². The van der Waals surface area contributed by atoms with E-state index in [2.05, 4.69) is 41.0 Å². The van der Waals surface area contributed by atoms with Crippen LogP contribution >= 0.6 is 0 Å². The SMILES string of the molecule is CC(C)Cn1ccnc1CNC(=O)NCC1CCCC(C)O1. The lowest BCUT2D eigenvalue weighted by Crippen LogP contribution is -2.42. The molecule has 6 heteroatoms. The summed E-state index contributed by atoms with van der Waals surface area (Å²) in [5, 5.41) is 5.74. The number of rotatable bonds is 6. The molecule has 2 N–H and O–H groups in total. The van der Waals surface area contributed by atoms with E-state index in [1.165, 1.54) is 6.42 Å². The Hall–Kier alpha value is -1.56. The Kier molecular flexibility index (Phi) is 6.24. The van der Waals surface area contributed by atoms with Crippen molar-refractivity contribution in [2.45, 2.75) is 65.3 Å². The molecular formula is C16H28N4O2. The van der Waals surface area contributed by atoms with Gasteiger partial charge in [0, 0.05) is 25.5 Å². The molecule has 22 heavy (non-hydrogen) atoms. The lowest BCUT2D eigenvalue weighted by molar-refractivity contribution is -0.0368. The summed E-state index contributed by atoms with van der Waals surface area (Å²) in [7, 11) is 0. The van der Waals surface area contributed by atoms with Gasteiger partial charge in [-0.1, -0.05) is 13.8 Å². The van der Waals surface area contributed by atoms with Gasteiger partial charge in [0.15, 0.2) is 0 Å². The molecule has 0 bridgehead atoms. The van der Waals surface area contributed by atoms with Crippen LogP contribution in [0.25, 0.3) is 0 Å². The van der Waals surface area contributed by atoms with Gasteiger partial charge in [-0.3, -0.25) is 0 Å². The van der Waals surface area contributed by atoms with Gasteiger partial charge in [-0.15, -0.1) is 0 Å². The maximum atomic E-state index is 11.9. The van der Waals surface area contributed by atoms with E-state index in [0.717, 1.165) is 25.2 Å². The smallest absolute Gasteiger partial charge is 0.315 e. The highest BCUT2D eigenvalue weighted by Crippen LogP contribution is 2.17. The number of urea groups is 1. The van der Waals surface area contributed by atoms with Crippen molar-refractivity contribution >= 4 is 6.03 Å². The largest absolute Gasteiger partial charge is 0.373 e. The minimum Gasteiger partial charge on any atom is -0.373 e. The van der Waals surface area contributed by atoms with Crippen molar-refractivity contribution in [1.82, 2.24) is 20.2 Å². The molecule has 1 aromatic rings. The molecule has 124 valence electrons. The van der Waals surface area contributed by atoms with Crippen LogP contribution in [0.5, 0.6) is 0 Å². The average Bonchev–Trinajstić information content (AvgIpc) is 2.89. The number of hydrogen-bond acceptors (Lipinski definition) is 3. The number of nitrogens with zero attached hydrogens (tertiary/aromatic N) is 2.